The van der Waals surface area contributed by atoms with Gasteiger partial charge in [-0.15, -0.1) is 0 Å². The topological polar surface area (TPSA) is 75.4 Å². The molecule has 2 rings (SSSR count). The Balaban J connectivity index is 2.30. The zero-order valence-corrected chi connectivity index (χ0v) is 11.6. The number of nitriles is 1. The number of hydrogen-bond acceptors (Lipinski definition) is 5. The van der Waals surface area contributed by atoms with Crippen molar-refractivity contribution in [2.24, 2.45) is 0 Å². The van der Waals surface area contributed by atoms with Crippen LogP contribution >= 0.6 is 0 Å². The Hall–Kier alpha value is -1.58. The van der Waals surface area contributed by atoms with Crippen LogP contribution in [0.3, 0.4) is 0 Å². The predicted octanol–water partition coefficient (Wildman–Crippen LogP) is 1.15. The van der Waals surface area contributed by atoms with Crippen molar-refractivity contribution >= 4 is 12.7 Å². The normalized spacial score (nSPS) is 20.3. The molecular weight excluding hydrogens is 243 g/mol. The molecule has 1 fully saturated rings. The Bertz CT molecular complexity index is 521. The molecule has 100 valence electrons. The van der Waals surface area contributed by atoms with Gasteiger partial charge in [-0.3, -0.25) is 4.98 Å². The van der Waals surface area contributed by atoms with E-state index in [1.54, 1.807) is 6.07 Å². The van der Waals surface area contributed by atoms with Crippen molar-refractivity contribution in [1.29, 1.82) is 5.26 Å². The molecule has 0 bridgehead atoms. The molecule has 1 aliphatic heterocycles. The number of nitrogens with zero attached hydrogens (tertiary/aromatic N) is 2. The summed E-state index contributed by atoms with van der Waals surface area (Å²) >= 11 is 0. The van der Waals surface area contributed by atoms with Gasteiger partial charge in [-0.1, -0.05) is 0 Å². The number of rotatable bonds is 2. The fraction of sp³-hybridized carbons (Fsp3) is 0.538. The third-order valence-electron chi connectivity index (χ3n) is 3.71. The van der Waals surface area contributed by atoms with Crippen molar-refractivity contribution < 1.29 is 14.4 Å². The third kappa shape index (κ3) is 2.44. The molecule has 1 aromatic heterocycles. The third-order valence-corrected chi connectivity index (χ3v) is 3.71. The first-order valence-electron chi connectivity index (χ1n) is 6.18. The van der Waals surface area contributed by atoms with Crippen molar-refractivity contribution in [1.82, 2.24) is 4.98 Å². The molecule has 0 aromatic carbocycles. The van der Waals surface area contributed by atoms with E-state index >= 15 is 0 Å². The molecule has 0 aliphatic carbocycles. The summed E-state index contributed by atoms with van der Waals surface area (Å²) in [5.74, 6) is 0.0156. The Kier molecular flexibility index (Phi) is 3.29. The Morgan fingerprint density at radius 3 is 2.37 bits per heavy atom. The molecule has 0 atom stereocenters. The molecule has 1 N–H and O–H groups in total. The molecule has 0 amide bonds. The van der Waals surface area contributed by atoms with Gasteiger partial charge in [-0.25, -0.2) is 0 Å². The summed E-state index contributed by atoms with van der Waals surface area (Å²) in [7, 11) is -0.581. The van der Waals surface area contributed by atoms with Gasteiger partial charge in [-0.05, 0) is 39.8 Å². The van der Waals surface area contributed by atoms with Gasteiger partial charge >= 0.3 is 7.12 Å². The zero-order chi connectivity index (χ0) is 14.3. The van der Waals surface area contributed by atoms with Gasteiger partial charge in [0.05, 0.1) is 35.0 Å². The van der Waals surface area contributed by atoms with Crippen LogP contribution in [0.2, 0.25) is 0 Å². The second-order valence-electron chi connectivity index (χ2n) is 5.63. The second-order valence-corrected chi connectivity index (χ2v) is 5.63. The Morgan fingerprint density at radius 2 is 1.84 bits per heavy atom. The molecule has 19 heavy (non-hydrogen) atoms. The lowest BCUT2D eigenvalue weighted by molar-refractivity contribution is 0.00578. The van der Waals surface area contributed by atoms with E-state index in [0.717, 1.165) is 0 Å². The summed E-state index contributed by atoms with van der Waals surface area (Å²) in [6.45, 7) is 7.85. The molecule has 0 radical (unpaired) electrons. The highest BCUT2D eigenvalue weighted by Gasteiger charge is 2.52. The number of hydrogen-bond donors (Lipinski definition) is 1. The molecule has 0 saturated carbocycles. The average Bonchev–Trinajstić information content (AvgIpc) is 2.51. The highest BCUT2D eigenvalue weighted by Crippen LogP contribution is 2.36. The zero-order valence-electron chi connectivity index (χ0n) is 11.6. The molecule has 0 unspecified atom stereocenters. The van der Waals surface area contributed by atoms with E-state index in [0.29, 0.717) is 11.3 Å². The first-order chi connectivity index (χ1) is 8.77. The fourth-order valence-electron chi connectivity index (χ4n) is 1.81. The molecule has 1 aromatic rings. The molecule has 6 heteroatoms. The highest BCUT2D eigenvalue weighted by atomic mass is 16.7. The van der Waals surface area contributed by atoms with E-state index in [-0.39, 0.29) is 12.2 Å². The van der Waals surface area contributed by atoms with E-state index in [4.69, 9.17) is 14.6 Å². The largest absolute Gasteiger partial charge is 0.514 e. The summed E-state index contributed by atoms with van der Waals surface area (Å²) < 4.78 is 11.7. The van der Waals surface area contributed by atoms with Crippen LogP contribution in [0, 0.1) is 11.3 Å². The highest BCUT2D eigenvalue weighted by molar-refractivity contribution is 6.61. The quantitative estimate of drug-likeness (QED) is 0.807. The standard InChI is InChI=1S/C13H17BN2O3/c1-12(2)13(3,4)19-14(18-12)11-6-5-10(17)9(16-11)7-8-15/h5-6,17H,7H2,1-4H3. The molecule has 2 heterocycles. The second kappa shape index (κ2) is 4.51. The summed E-state index contributed by atoms with van der Waals surface area (Å²) in [5.41, 5.74) is 0.0376. The van der Waals surface area contributed by atoms with Crippen molar-refractivity contribution in [3.05, 3.63) is 17.8 Å². The van der Waals surface area contributed by atoms with E-state index in [9.17, 15) is 5.11 Å². The molecular formula is C13H17BN2O3. The van der Waals surface area contributed by atoms with Crippen molar-refractivity contribution in [3.63, 3.8) is 0 Å². The smallest absolute Gasteiger partial charge is 0.506 e. The van der Waals surface area contributed by atoms with Gasteiger partial charge < -0.3 is 14.4 Å². The van der Waals surface area contributed by atoms with Crippen molar-refractivity contribution in [3.8, 4) is 11.8 Å². The van der Waals surface area contributed by atoms with Gasteiger partial charge in [0, 0.05) is 0 Å². The minimum absolute atomic E-state index is 0.0156. The maximum absolute atomic E-state index is 9.62. The molecule has 0 spiro atoms. The maximum atomic E-state index is 9.62. The first kappa shape index (κ1) is 13.8. The number of aromatic nitrogens is 1. The van der Waals surface area contributed by atoms with Crippen LogP contribution in [0.25, 0.3) is 0 Å². The fourth-order valence-corrected chi connectivity index (χ4v) is 1.81. The van der Waals surface area contributed by atoms with E-state index < -0.39 is 18.3 Å². The summed E-state index contributed by atoms with van der Waals surface area (Å²) in [4.78, 5) is 4.25. The van der Waals surface area contributed by atoms with Crippen molar-refractivity contribution in [2.75, 3.05) is 0 Å². The van der Waals surface area contributed by atoms with Crippen LogP contribution in [0.5, 0.6) is 5.75 Å². The van der Waals surface area contributed by atoms with Crippen LogP contribution < -0.4 is 5.59 Å². The van der Waals surface area contributed by atoms with Gasteiger partial charge in [0.15, 0.2) is 0 Å². The van der Waals surface area contributed by atoms with Gasteiger partial charge in [0.25, 0.3) is 0 Å². The molecule has 1 saturated heterocycles. The van der Waals surface area contributed by atoms with Crippen molar-refractivity contribution in [2.45, 2.75) is 45.3 Å². The first-order valence-corrected chi connectivity index (χ1v) is 6.18. The maximum Gasteiger partial charge on any atom is 0.514 e. The van der Waals surface area contributed by atoms with Crippen LogP contribution in [0.1, 0.15) is 33.4 Å². The summed E-state index contributed by atoms with van der Waals surface area (Å²) in [6, 6.07) is 5.14. The molecule has 5 nitrogen and oxygen atoms in total. The number of aromatic hydroxyl groups is 1. The monoisotopic (exact) mass is 260 g/mol. The van der Waals surface area contributed by atoms with Crippen LogP contribution in [-0.2, 0) is 15.7 Å². The van der Waals surface area contributed by atoms with Gasteiger partial charge in [0.1, 0.15) is 5.75 Å². The van der Waals surface area contributed by atoms with Crippen LogP contribution in [-0.4, -0.2) is 28.4 Å². The predicted molar refractivity (Wildman–Crippen MR) is 70.9 cm³/mol. The lowest BCUT2D eigenvalue weighted by Gasteiger charge is -2.32. The minimum atomic E-state index is -0.581. The SMILES string of the molecule is CC1(C)OB(c2ccc(O)c(CC#N)n2)OC1(C)C. The minimum Gasteiger partial charge on any atom is -0.506 e. The molecule has 1 aliphatic rings. The average molecular weight is 260 g/mol. The lowest BCUT2D eigenvalue weighted by Crippen LogP contribution is -2.41. The van der Waals surface area contributed by atoms with Gasteiger partial charge in [0.2, 0.25) is 0 Å². The Labute approximate surface area is 113 Å². The summed E-state index contributed by atoms with van der Waals surface area (Å²) in [5, 5.41) is 18.3. The van der Waals surface area contributed by atoms with Gasteiger partial charge in [-0.2, -0.15) is 5.26 Å². The number of pyridine rings is 1. The van der Waals surface area contributed by atoms with Crippen LogP contribution in [0.4, 0.5) is 0 Å². The van der Waals surface area contributed by atoms with E-state index in [1.807, 2.05) is 33.8 Å². The van der Waals surface area contributed by atoms with E-state index in [1.165, 1.54) is 6.07 Å². The van der Waals surface area contributed by atoms with Crippen LogP contribution in [0.15, 0.2) is 12.1 Å². The Morgan fingerprint density at radius 1 is 1.26 bits per heavy atom. The lowest BCUT2D eigenvalue weighted by atomic mass is 9.84. The summed E-state index contributed by atoms with van der Waals surface area (Å²) in [6.07, 6.45) is 0.0547. The van der Waals surface area contributed by atoms with E-state index in [2.05, 4.69) is 4.98 Å².